The van der Waals surface area contributed by atoms with Crippen molar-refractivity contribution >= 4 is 29.4 Å². The van der Waals surface area contributed by atoms with Crippen LogP contribution in [0.4, 0.5) is 11.4 Å². The van der Waals surface area contributed by atoms with Crippen LogP contribution < -0.4 is 20.0 Å². The number of hydrazone groups is 1. The maximum absolute atomic E-state index is 12.3. The van der Waals surface area contributed by atoms with Crippen LogP contribution in [0.3, 0.4) is 0 Å². The van der Waals surface area contributed by atoms with E-state index in [0.717, 1.165) is 11.4 Å². The normalized spacial score (nSPS) is 18.4. The summed E-state index contributed by atoms with van der Waals surface area (Å²) in [6, 6.07) is 15.4. The third-order valence-electron chi connectivity index (χ3n) is 5.55. The number of rotatable bonds is 4. The van der Waals surface area contributed by atoms with E-state index in [4.69, 9.17) is 4.74 Å². The molecule has 0 bridgehead atoms. The average molecular weight is 404 g/mol. The van der Waals surface area contributed by atoms with Crippen LogP contribution in [0, 0.1) is 0 Å². The Kier molecular flexibility index (Phi) is 5.03. The predicted molar refractivity (Wildman–Crippen MR) is 117 cm³/mol. The summed E-state index contributed by atoms with van der Waals surface area (Å²) in [5.74, 6) is -0.0525. The second-order valence-electron chi connectivity index (χ2n) is 7.80. The van der Waals surface area contributed by atoms with Crippen LogP contribution in [0.5, 0.6) is 5.75 Å². The van der Waals surface area contributed by atoms with E-state index in [-0.39, 0.29) is 30.4 Å². The summed E-state index contributed by atoms with van der Waals surface area (Å²) in [5, 5.41) is 4.05. The molecule has 0 saturated carbocycles. The summed E-state index contributed by atoms with van der Waals surface area (Å²) >= 11 is 0. The van der Waals surface area contributed by atoms with Crippen LogP contribution in [0.2, 0.25) is 0 Å². The minimum Gasteiger partial charge on any atom is -0.482 e. The van der Waals surface area contributed by atoms with E-state index >= 15 is 0 Å². The Morgan fingerprint density at radius 3 is 2.63 bits per heavy atom. The summed E-state index contributed by atoms with van der Waals surface area (Å²) in [4.78, 5) is 28.1. The van der Waals surface area contributed by atoms with Crippen molar-refractivity contribution in [1.82, 2.24) is 5.43 Å². The molecule has 2 aromatic carbocycles. The summed E-state index contributed by atoms with van der Waals surface area (Å²) in [6.45, 7) is 4.12. The fourth-order valence-corrected chi connectivity index (χ4v) is 4.03. The molecule has 30 heavy (non-hydrogen) atoms. The molecule has 2 aromatic rings. The van der Waals surface area contributed by atoms with Gasteiger partial charge in [0.05, 0.1) is 5.69 Å². The van der Waals surface area contributed by atoms with Crippen molar-refractivity contribution in [2.24, 2.45) is 5.10 Å². The van der Waals surface area contributed by atoms with Gasteiger partial charge in [-0.2, -0.15) is 5.10 Å². The van der Waals surface area contributed by atoms with Gasteiger partial charge in [-0.1, -0.05) is 44.2 Å². The molecule has 0 unspecified atom stereocenters. The van der Waals surface area contributed by atoms with Crippen molar-refractivity contribution in [2.45, 2.75) is 19.3 Å². The summed E-state index contributed by atoms with van der Waals surface area (Å²) in [6.07, 6.45) is 3.47. The first-order chi connectivity index (χ1) is 14.4. The topological polar surface area (TPSA) is 74.2 Å². The van der Waals surface area contributed by atoms with Crippen LogP contribution in [-0.2, 0) is 15.0 Å². The lowest BCUT2D eigenvalue weighted by molar-refractivity contribution is -0.125. The van der Waals surface area contributed by atoms with Gasteiger partial charge in [0.2, 0.25) is 0 Å². The van der Waals surface area contributed by atoms with Gasteiger partial charge in [0.25, 0.3) is 11.8 Å². The van der Waals surface area contributed by atoms with Crippen molar-refractivity contribution in [3.05, 3.63) is 65.9 Å². The molecule has 7 heteroatoms. The number of likely N-dealkylation sites (N-methyl/N-ethyl adjacent to an activating group) is 1. The Hall–Kier alpha value is -3.61. The van der Waals surface area contributed by atoms with E-state index in [1.807, 2.05) is 31.3 Å². The number of carbonyl (C=O) groups is 2. The summed E-state index contributed by atoms with van der Waals surface area (Å²) in [7, 11) is 2.02. The second-order valence-corrected chi connectivity index (χ2v) is 7.80. The maximum Gasteiger partial charge on any atom is 0.265 e. The highest BCUT2D eigenvalue weighted by Gasteiger charge is 2.37. The van der Waals surface area contributed by atoms with Gasteiger partial charge in [0.15, 0.2) is 6.61 Å². The smallest absolute Gasteiger partial charge is 0.265 e. The molecule has 0 fully saturated rings. The van der Waals surface area contributed by atoms with Crippen molar-refractivity contribution < 1.29 is 14.3 Å². The van der Waals surface area contributed by atoms with E-state index in [0.29, 0.717) is 11.4 Å². The van der Waals surface area contributed by atoms with E-state index < -0.39 is 0 Å². The van der Waals surface area contributed by atoms with Crippen molar-refractivity contribution in [3.63, 3.8) is 0 Å². The predicted octanol–water partition coefficient (Wildman–Crippen LogP) is 2.83. The van der Waals surface area contributed by atoms with Crippen LogP contribution in [-0.4, -0.2) is 38.2 Å². The Morgan fingerprint density at radius 1 is 1.17 bits per heavy atom. The van der Waals surface area contributed by atoms with Gasteiger partial charge in [-0.05, 0) is 29.8 Å². The lowest BCUT2D eigenvalue weighted by atomic mass is 9.84. The second kappa shape index (κ2) is 7.67. The largest absolute Gasteiger partial charge is 0.482 e. The van der Waals surface area contributed by atoms with E-state index in [1.54, 1.807) is 24.4 Å². The van der Waals surface area contributed by atoms with Crippen molar-refractivity contribution in [1.29, 1.82) is 0 Å². The molecule has 7 nitrogen and oxygen atoms in total. The fourth-order valence-electron chi connectivity index (χ4n) is 4.03. The molecule has 2 aliphatic heterocycles. The first kappa shape index (κ1) is 19.7. The monoisotopic (exact) mass is 404 g/mol. The van der Waals surface area contributed by atoms with Gasteiger partial charge in [0.1, 0.15) is 12.3 Å². The number of para-hydroxylation sites is 3. The molecule has 154 valence electrons. The molecule has 0 aromatic heterocycles. The molecule has 2 heterocycles. The van der Waals surface area contributed by atoms with E-state index in [9.17, 15) is 9.59 Å². The number of carbonyl (C=O) groups excluding carboxylic acids is 2. The Balaban J connectivity index is 1.42. The number of hydrogen-bond donors (Lipinski definition) is 1. The molecule has 0 atom stereocenters. The fraction of sp³-hybridized carbons (Fsp3) is 0.261. The van der Waals surface area contributed by atoms with Gasteiger partial charge in [-0.25, -0.2) is 5.43 Å². The maximum atomic E-state index is 12.3. The molecule has 0 spiro atoms. The molecule has 4 rings (SSSR count). The number of anilines is 2. The van der Waals surface area contributed by atoms with Gasteiger partial charge in [0, 0.05) is 30.1 Å². The molecule has 1 N–H and O–H groups in total. The lowest BCUT2D eigenvalue weighted by Crippen LogP contribution is -2.44. The molecule has 2 aliphatic rings. The number of allylic oxidation sites excluding steroid dienone is 2. The number of nitrogens with one attached hydrogen (secondary N) is 1. The molecule has 0 saturated heterocycles. The molecule has 2 amide bonds. The number of nitrogens with zero attached hydrogens (tertiary/aromatic N) is 3. The molecule has 0 aliphatic carbocycles. The highest BCUT2D eigenvalue weighted by Crippen LogP contribution is 2.46. The molecular formula is C23H24N4O3. The lowest BCUT2D eigenvalue weighted by Gasteiger charge is -2.28. The first-order valence-electron chi connectivity index (χ1n) is 9.77. The van der Waals surface area contributed by atoms with Crippen LogP contribution >= 0.6 is 0 Å². The van der Waals surface area contributed by atoms with Crippen LogP contribution in [0.25, 0.3) is 0 Å². The average Bonchev–Trinajstić information content (AvgIpc) is 2.93. The van der Waals surface area contributed by atoms with Gasteiger partial charge >= 0.3 is 0 Å². The van der Waals surface area contributed by atoms with Crippen LogP contribution in [0.15, 0.2) is 65.4 Å². The van der Waals surface area contributed by atoms with Gasteiger partial charge in [-0.3, -0.25) is 14.5 Å². The Bertz CT molecular complexity index is 1060. The Morgan fingerprint density at radius 2 is 1.87 bits per heavy atom. The van der Waals surface area contributed by atoms with E-state index in [1.165, 1.54) is 10.5 Å². The number of hydrogen-bond acceptors (Lipinski definition) is 5. The summed E-state index contributed by atoms with van der Waals surface area (Å²) < 4.78 is 5.39. The number of benzene rings is 2. The number of ether oxygens (including phenoxy) is 1. The standard InChI is InChI=1S/C23H24N4O3/c1-23(2)16-8-4-5-9-17(16)26(3)20(23)12-13-24-25-21(28)14-27-18-10-6-7-11-19(18)30-15-22(27)29/h4-13H,14-15H2,1-3H3,(H,25,28)/b20-12-,24-13-. The van der Waals surface area contributed by atoms with Crippen LogP contribution in [0.1, 0.15) is 19.4 Å². The minimum absolute atomic E-state index is 0.0817. The van der Waals surface area contributed by atoms with Gasteiger partial charge < -0.3 is 9.64 Å². The summed E-state index contributed by atoms with van der Waals surface area (Å²) in [5.41, 5.74) is 6.42. The quantitative estimate of drug-likeness (QED) is 0.628. The highest BCUT2D eigenvalue weighted by molar-refractivity contribution is 6.02. The van der Waals surface area contributed by atoms with Crippen molar-refractivity contribution in [3.8, 4) is 5.75 Å². The minimum atomic E-state index is -0.378. The van der Waals surface area contributed by atoms with E-state index in [2.05, 4.69) is 41.4 Å². The zero-order valence-electron chi connectivity index (χ0n) is 17.3. The number of amides is 2. The SMILES string of the molecule is CN1/C(=C\C=N/NC(=O)CN2C(=O)COc3ccccc32)C(C)(C)c2ccccc21. The van der Waals surface area contributed by atoms with Gasteiger partial charge in [-0.15, -0.1) is 0 Å². The highest BCUT2D eigenvalue weighted by atomic mass is 16.5. The zero-order valence-corrected chi connectivity index (χ0v) is 17.3. The Labute approximate surface area is 175 Å². The first-order valence-corrected chi connectivity index (χ1v) is 9.77. The third kappa shape index (κ3) is 3.43. The number of fused-ring (bicyclic) bond motifs is 2. The van der Waals surface area contributed by atoms with Crippen molar-refractivity contribution in [2.75, 3.05) is 30.0 Å². The molecule has 0 radical (unpaired) electrons. The molecular weight excluding hydrogens is 380 g/mol. The third-order valence-corrected chi connectivity index (χ3v) is 5.55. The zero-order chi connectivity index (χ0) is 21.3.